The van der Waals surface area contributed by atoms with Crippen molar-refractivity contribution in [1.82, 2.24) is 0 Å². The van der Waals surface area contributed by atoms with E-state index in [0.29, 0.717) is 31.6 Å². The molecule has 16 heavy (non-hydrogen) atoms. The molecule has 0 saturated carbocycles. The average Bonchev–Trinajstić information content (AvgIpc) is 2.30. The third kappa shape index (κ3) is 2.15. The van der Waals surface area contributed by atoms with Crippen LogP contribution in [0.4, 0.5) is 10.1 Å². The molecule has 4 heteroatoms. The fourth-order valence-corrected chi connectivity index (χ4v) is 2.08. The predicted octanol–water partition coefficient (Wildman–Crippen LogP) is 2.13. The summed E-state index contributed by atoms with van der Waals surface area (Å²) in [6.07, 6.45) is 1.17. The predicted molar refractivity (Wildman–Crippen MR) is 59.0 cm³/mol. The van der Waals surface area contributed by atoms with Crippen LogP contribution in [0.25, 0.3) is 0 Å². The van der Waals surface area contributed by atoms with Gasteiger partial charge in [0, 0.05) is 13.1 Å². The lowest BCUT2D eigenvalue weighted by Crippen LogP contribution is -2.36. The summed E-state index contributed by atoms with van der Waals surface area (Å²) in [7, 11) is 0. The minimum Gasteiger partial charge on any atom is -0.481 e. The number of para-hydroxylation sites is 1. The first kappa shape index (κ1) is 10.9. The van der Waals surface area contributed by atoms with Crippen LogP contribution >= 0.6 is 0 Å². The summed E-state index contributed by atoms with van der Waals surface area (Å²) in [6.45, 7) is 1.22. The van der Waals surface area contributed by atoms with Gasteiger partial charge in [0.05, 0.1) is 11.6 Å². The normalized spacial score (nSPS) is 17.4. The Bertz CT molecular complexity index is 386. The van der Waals surface area contributed by atoms with E-state index in [2.05, 4.69) is 0 Å². The number of piperidine rings is 1. The van der Waals surface area contributed by atoms with E-state index in [1.807, 2.05) is 4.90 Å². The molecule has 1 heterocycles. The molecular formula is C12H14FNO2. The van der Waals surface area contributed by atoms with Crippen molar-refractivity contribution in [2.75, 3.05) is 18.0 Å². The first-order valence-electron chi connectivity index (χ1n) is 5.41. The van der Waals surface area contributed by atoms with E-state index in [9.17, 15) is 9.18 Å². The van der Waals surface area contributed by atoms with Crippen LogP contribution < -0.4 is 4.90 Å². The highest BCUT2D eigenvalue weighted by Crippen LogP contribution is 2.25. The van der Waals surface area contributed by atoms with Gasteiger partial charge in [-0.2, -0.15) is 0 Å². The van der Waals surface area contributed by atoms with Crippen LogP contribution in [0.15, 0.2) is 24.3 Å². The first-order valence-corrected chi connectivity index (χ1v) is 5.41. The van der Waals surface area contributed by atoms with Crippen LogP contribution in [0, 0.1) is 11.7 Å². The molecule has 0 aliphatic carbocycles. The molecule has 0 spiro atoms. The van der Waals surface area contributed by atoms with Gasteiger partial charge < -0.3 is 10.0 Å². The van der Waals surface area contributed by atoms with Crippen molar-refractivity contribution >= 4 is 11.7 Å². The van der Waals surface area contributed by atoms with E-state index >= 15 is 0 Å². The zero-order chi connectivity index (χ0) is 11.5. The van der Waals surface area contributed by atoms with Gasteiger partial charge in [-0.25, -0.2) is 4.39 Å². The van der Waals surface area contributed by atoms with Gasteiger partial charge in [0.15, 0.2) is 0 Å². The van der Waals surface area contributed by atoms with Crippen LogP contribution in [-0.2, 0) is 4.79 Å². The Labute approximate surface area is 93.5 Å². The summed E-state index contributed by atoms with van der Waals surface area (Å²) in [5.74, 6) is -1.26. The second kappa shape index (κ2) is 4.51. The number of rotatable bonds is 2. The average molecular weight is 223 g/mol. The Morgan fingerprint density at radius 1 is 1.31 bits per heavy atom. The highest BCUT2D eigenvalue weighted by molar-refractivity contribution is 5.70. The maximum absolute atomic E-state index is 13.5. The SMILES string of the molecule is O=C(O)C1CCN(c2ccccc2F)CC1. The molecule has 0 amide bonds. The van der Waals surface area contributed by atoms with E-state index in [4.69, 9.17) is 5.11 Å². The number of hydrogen-bond acceptors (Lipinski definition) is 2. The van der Waals surface area contributed by atoms with Crippen molar-refractivity contribution in [2.24, 2.45) is 5.92 Å². The smallest absolute Gasteiger partial charge is 0.306 e. The second-order valence-electron chi connectivity index (χ2n) is 4.05. The number of aliphatic carboxylic acids is 1. The molecule has 0 unspecified atom stereocenters. The fraction of sp³-hybridized carbons (Fsp3) is 0.417. The monoisotopic (exact) mass is 223 g/mol. The summed E-state index contributed by atoms with van der Waals surface area (Å²) < 4.78 is 13.5. The van der Waals surface area contributed by atoms with Crippen molar-refractivity contribution in [1.29, 1.82) is 0 Å². The van der Waals surface area contributed by atoms with Crippen molar-refractivity contribution in [2.45, 2.75) is 12.8 Å². The van der Waals surface area contributed by atoms with Gasteiger partial charge in [0.2, 0.25) is 0 Å². The maximum Gasteiger partial charge on any atom is 0.306 e. The summed E-state index contributed by atoms with van der Waals surface area (Å²) in [5, 5.41) is 8.86. The van der Waals surface area contributed by atoms with Crippen molar-refractivity contribution in [3.8, 4) is 0 Å². The molecule has 3 nitrogen and oxygen atoms in total. The third-order valence-corrected chi connectivity index (χ3v) is 3.04. The van der Waals surface area contributed by atoms with E-state index in [0.717, 1.165) is 0 Å². The Morgan fingerprint density at radius 2 is 1.94 bits per heavy atom. The number of carboxylic acid groups (broad SMARTS) is 1. The molecule has 1 aromatic carbocycles. The van der Waals surface area contributed by atoms with Gasteiger partial charge in [-0.05, 0) is 25.0 Å². The summed E-state index contributed by atoms with van der Waals surface area (Å²) in [5.41, 5.74) is 0.575. The molecule has 1 fully saturated rings. The molecule has 1 saturated heterocycles. The molecule has 0 atom stereocenters. The molecule has 1 aliphatic heterocycles. The quantitative estimate of drug-likeness (QED) is 0.835. The molecule has 1 aliphatic rings. The topological polar surface area (TPSA) is 40.5 Å². The Hall–Kier alpha value is -1.58. The lowest BCUT2D eigenvalue weighted by Gasteiger charge is -2.32. The van der Waals surface area contributed by atoms with Gasteiger partial charge in [-0.15, -0.1) is 0 Å². The van der Waals surface area contributed by atoms with Gasteiger partial charge >= 0.3 is 5.97 Å². The second-order valence-corrected chi connectivity index (χ2v) is 4.05. The van der Waals surface area contributed by atoms with E-state index in [-0.39, 0.29) is 11.7 Å². The number of anilines is 1. The summed E-state index contributed by atoms with van der Waals surface area (Å²) in [4.78, 5) is 12.7. The van der Waals surface area contributed by atoms with E-state index < -0.39 is 5.97 Å². The van der Waals surface area contributed by atoms with Gasteiger partial charge in [-0.3, -0.25) is 4.79 Å². The van der Waals surface area contributed by atoms with E-state index in [1.54, 1.807) is 18.2 Å². The molecule has 1 aromatic rings. The number of hydrogen-bond donors (Lipinski definition) is 1. The number of nitrogens with zero attached hydrogens (tertiary/aromatic N) is 1. The molecule has 0 radical (unpaired) electrons. The molecular weight excluding hydrogens is 209 g/mol. The Morgan fingerprint density at radius 3 is 2.50 bits per heavy atom. The standard InChI is InChI=1S/C12H14FNO2/c13-10-3-1-2-4-11(10)14-7-5-9(6-8-14)12(15)16/h1-4,9H,5-8H2,(H,15,16). The highest BCUT2D eigenvalue weighted by atomic mass is 19.1. The third-order valence-electron chi connectivity index (χ3n) is 3.04. The number of halogens is 1. The van der Waals surface area contributed by atoms with Crippen molar-refractivity contribution in [3.05, 3.63) is 30.1 Å². The minimum atomic E-state index is -0.742. The molecule has 1 N–H and O–H groups in total. The summed E-state index contributed by atoms with van der Waals surface area (Å²) in [6, 6.07) is 6.61. The first-order chi connectivity index (χ1) is 7.68. The van der Waals surface area contributed by atoms with Crippen LogP contribution in [0.2, 0.25) is 0 Å². The lowest BCUT2D eigenvalue weighted by molar-refractivity contribution is -0.142. The highest BCUT2D eigenvalue weighted by Gasteiger charge is 2.25. The zero-order valence-corrected chi connectivity index (χ0v) is 8.90. The number of benzene rings is 1. The maximum atomic E-state index is 13.5. The molecule has 0 aromatic heterocycles. The zero-order valence-electron chi connectivity index (χ0n) is 8.90. The lowest BCUT2D eigenvalue weighted by atomic mass is 9.97. The van der Waals surface area contributed by atoms with Gasteiger partial charge in [0.25, 0.3) is 0 Å². The Balaban J connectivity index is 2.05. The largest absolute Gasteiger partial charge is 0.481 e. The summed E-state index contributed by atoms with van der Waals surface area (Å²) >= 11 is 0. The van der Waals surface area contributed by atoms with Crippen LogP contribution in [0.5, 0.6) is 0 Å². The van der Waals surface area contributed by atoms with Crippen LogP contribution in [-0.4, -0.2) is 24.2 Å². The molecule has 2 rings (SSSR count). The fourth-order valence-electron chi connectivity index (χ4n) is 2.08. The van der Waals surface area contributed by atoms with E-state index in [1.165, 1.54) is 6.07 Å². The van der Waals surface area contributed by atoms with Crippen molar-refractivity contribution < 1.29 is 14.3 Å². The molecule has 86 valence electrons. The van der Waals surface area contributed by atoms with Gasteiger partial charge in [0.1, 0.15) is 5.82 Å². The molecule has 0 bridgehead atoms. The minimum absolute atomic E-state index is 0.240. The van der Waals surface area contributed by atoms with Crippen LogP contribution in [0.1, 0.15) is 12.8 Å². The number of carboxylic acids is 1. The van der Waals surface area contributed by atoms with Crippen molar-refractivity contribution in [3.63, 3.8) is 0 Å². The Kier molecular flexibility index (Phi) is 3.08. The number of carbonyl (C=O) groups is 1. The van der Waals surface area contributed by atoms with Gasteiger partial charge in [-0.1, -0.05) is 12.1 Å². The van der Waals surface area contributed by atoms with Crippen LogP contribution in [0.3, 0.4) is 0 Å².